The summed E-state index contributed by atoms with van der Waals surface area (Å²) >= 11 is 0. The van der Waals surface area contributed by atoms with Gasteiger partial charge in [0.1, 0.15) is 29.6 Å². The third-order valence-corrected chi connectivity index (χ3v) is 13.7. The molecule has 11 nitrogen and oxygen atoms in total. The van der Waals surface area contributed by atoms with Crippen LogP contribution in [0.3, 0.4) is 0 Å². The molecule has 0 saturated heterocycles. The molecule has 2 atom stereocenters. The zero-order valence-electron chi connectivity index (χ0n) is 43.1. The summed E-state index contributed by atoms with van der Waals surface area (Å²) in [4.78, 5) is 37.4. The number of rotatable bonds is 44. The zero-order chi connectivity index (χ0) is 48.3. The third kappa shape index (κ3) is 29.5. The Hall–Kier alpha value is -2.43. The number of furan rings is 2. The predicted octanol–water partition coefficient (Wildman–Crippen LogP) is 14.8. The van der Waals surface area contributed by atoms with E-state index in [9.17, 15) is 19.0 Å². The number of ether oxygens (including phenoxy) is 2. The fraction of sp³-hybridized carbons (Fsp3) is 0.815. The van der Waals surface area contributed by atoms with Crippen molar-refractivity contribution in [3.63, 3.8) is 0 Å². The second-order valence-electron chi connectivity index (χ2n) is 19.2. The van der Waals surface area contributed by atoms with Crippen molar-refractivity contribution >= 4 is 19.8 Å². The lowest BCUT2D eigenvalue weighted by Crippen LogP contribution is -2.29. The zero-order valence-corrected chi connectivity index (χ0v) is 44.0. The molecule has 0 aromatic carbocycles. The molecule has 0 aliphatic carbocycles. The molecule has 0 aliphatic heterocycles. The molecule has 0 saturated carbocycles. The van der Waals surface area contributed by atoms with Crippen molar-refractivity contribution in [3.05, 3.63) is 45.8 Å². The largest absolute Gasteiger partial charge is 0.472 e. The van der Waals surface area contributed by atoms with Crippen molar-refractivity contribution in [1.29, 1.82) is 0 Å². The van der Waals surface area contributed by atoms with Gasteiger partial charge in [-0.15, -0.1) is 0 Å². The number of carbonyl (C=O) groups is 2. The molecular weight excluding hydrogens is 854 g/mol. The summed E-state index contributed by atoms with van der Waals surface area (Å²) in [5.41, 5.74) is 3.99. The maximum absolute atomic E-state index is 12.8. The van der Waals surface area contributed by atoms with Crippen LogP contribution in [0.5, 0.6) is 0 Å². The number of aryl methyl sites for hydroxylation is 5. The van der Waals surface area contributed by atoms with Gasteiger partial charge >= 0.3 is 19.8 Å². The van der Waals surface area contributed by atoms with Gasteiger partial charge in [0.25, 0.3) is 0 Å². The molecule has 2 rings (SSSR count). The van der Waals surface area contributed by atoms with Gasteiger partial charge in [-0.1, -0.05) is 142 Å². The number of phosphoric ester groups is 1. The fourth-order valence-electron chi connectivity index (χ4n) is 8.35. The first-order valence-electron chi connectivity index (χ1n) is 26.6. The van der Waals surface area contributed by atoms with E-state index in [4.69, 9.17) is 27.4 Å². The van der Waals surface area contributed by atoms with Gasteiger partial charge in [-0.25, -0.2) is 4.57 Å². The Kier molecular flexibility index (Phi) is 33.9. The molecule has 2 aromatic heterocycles. The minimum absolute atomic E-state index is 0.000891. The van der Waals surface area contributed by atoms with Crippen molar-refractivity contribution < 1.29 is 46.4 Å². The maximum atomic E-state index is 12.8. The molecule has 0 amide bonds. The lowest BCUT2D eigenvalue weighted by molar-refractivity contribution is -0.161. The van der Waals surface area contributed by atoms with E-state index in [1.54, 1.807) is 0 Å². The number of nitrogens with zero attached hydrogens (tertiary/aromatic N) is 1. The average molecular weight is 950 g/mol. The standard InChI is InChI=1S/C54H96NO10P/c1-8-10-28-34-48-42-45(3)50(63-48)35-30-24-20-16-12-14-18-22-26-32-38-53(56)60-43-49(44-62-66(58,59)61-41-40-55(6)7)64-54(57)39-33-27-23-19-15-13-17-21-25-31-37-52-47(5)46(4)51(65-52)36-29-11-9-2/h42,49H,8-41,43-44H2,1-7H3,(H,58,59)/t49-/m1/s1. The SMILES string of the molecule is CCCCCc1cc(C)c(CCCCCCCCCCCCC(=O)OC[C@H](COP(=O)(O)OCCN(C)C)OC(=O)CCCCCCCCCCCCc2oc(CCCCC)c(C)c2C)o1. The van der Waals surface area contributed by atoms with Crippen LogP contribution in [-0.4, -0.2) is 68.3 Å². The summed E-state index contributed by atoms with van der Waals surface area (Å²) in [7, 11) is -0.734. The topological polar surface area (TPSA) is 138 Å². The Bertz CT molecular complexity index is 1580. The number of likely N-dealkylation sites (N-methyl/N-ethyl adjacent to an activating group) is 1. The second kappa shape index (κ2) is 37.5. The Labute approximate surface area is 402 Å². The van der Waals surface area contributed by atoms with E-state index in [0.717, 1.165) is 76.4 Å². The third-order valence-electron chi connectivity index (χ3n) is 12.8. The van der Waals surface area contributed by atoms with E-state index < -0.39 is 26.5 Å². The van der Waals surface area contributed by atoms with Crippen molar-refractivity contribution in [1.82, 2.24) is 4.90 Å². The van der Waals surface area contributed by atoms with Crippen LogP contribution >= 0.6 is 7.82 Å². The first kappa shape index (κ1) is 59.7. The first-order chi connectivity index (χ1) is 31.8. The van der Waals surface area contributed by atoms with Crippen LogP contribution in [0.4, 0.5) is 0 Å². The lowest BCUT2D eigenvalue weighted by Gasteiger charge is -2.20. The van der Waals surface area contributed by atoms with Crippen LogP contribution in [0, 0.1) is 20.8 Å². The molecule has 0 fully saturated rings. The maximum Gasteiger partial charge on any atom is 0.472 e. The Morgan fingerprint density at radius 3 is 1.52 bits per heavy atom. The molecule has 0 spiro atoms. The van der Waals surface area contributed by atoms with E-state index in [0.29, 0.717) is 13.0 Å². The monoisotopic (exact) mass is 950 g/mol. The smallest absolute Gasteiger partial charge is 0.466 e. The van der Waals surface area contributed by atoms with Gasteiger partial charge in [0.2, 0.25) is 0 Å². The van der Waals surface area contributed by atoms with E-state index >= 15 is 0 Å². The highest BCUT2D eigenvalue weighted by atomic mass is 31.2. The molecule has 1 N–H and O–H groups in total. The van der Waals surface area contributed by atoms with Crippen LogP contribution in [0.15, 0.2) is 14.9 Å². The summed E-state index contributed by atoms with van der Waals surface area (Å²) in [6.45, 7) is 10.8. The summed E-state index contributed by atoms with van der Waals surface area (Å²) in [5.74, 6) is 3.87. The van der Waals surface area contributed by atoms with Crippen LogP contribution in [-0.2, 0) is 58.4 Å². The van der Waals surface area contributed by atoms with Crippen molar-refractivity contribution in [2.75, 3.05) is 40.5 Å². The van der Waals surface area contributed by atoms with Crippen LogP contribution in [0.2, 0.25) is 0 Å². The van der Waals surface area contributed by atoms with Crippen LogP contribution in [0.1, 0.15) is 233 Å². The second-order valence-corrected chi connectivity index (χ2v) is 20.7. The molecule has 66 heavy (non-hydrogen) atoms. The van der Waals surface area contributed by atoms with Gasteiger partial charge in [0, 0.05) is 45.1 Å². The highest BCUT2D eigenvalue weighted by Crippen LogP contribution is 2.43. The molecular formula is C54H96NO10P. The number of hydrogen-bond acceptors (Lipinski definition) is 10. The number of carbonyl (C=O) groups excluding carboxylic acids is 2. The minimum atomic E-state index is -4.39. The number of esters is 2. The summed E-state index contributed by atoms with van der Waals surface area (Å²) in [6.07, 6.45) is 33.4. The van der Waals surface area contributed by atoms with Gasteiger partial charge < -0.3 is 28.1 Å². The minimum Gasteiger partial charge on any atom is -0.466 e. The number of unbranched alkanes of at least 4 members (excludes halogenated alkanes) is 22. The van der Waals surface area contributed by atoms with Crippen molar-refractivity contribution in [2.24, 2.45) is 0 Å². The predicted molar refractivity (Wildman–Crippen MR) is 268 cm³/mol. The molecule has 0 bridgehead atoms. The van der Waals surface area contributed by atoms with E-state index in [2.05, 4.69) is 40.7 Å². The van der Waals surface area contributed by atoms with Gasteiger partial charge in [0.05, 0.1) is 13.2 Å². The first-order valence-corrected chi connectivity index (χ1v) is 28.1. The molecule has 0 aliphatic rings. The molecule has 2 aromatic rings. The van der Waals surface area contributed by atoms with Crippen molar-refractivity contribution in [3.8, 4) is 0 Å². The highest BCUT2D eigenvalue weighted by Gasteiger charge is 2.26. The Morgan fingerprint density at radius 1 is 0.576 bits per heavy atom. The van der Waals surface area contributed by atoms with E-state index in [1.165, 1.54) is 150 Å². The van der Waals surface area contributed by atoms with Gasteiger partial charge in [0.15, 0.2) is 6.10 Å². The van der Waals surface area contributed by atoms with Gasteiger partial charge in [-0.05, 0) is 96.1 Å². The highest BCUT2D eigenvalue weighted by molar-refractivity contribution is 7.47. The lowest BCUT2D eigenvalue weighted by atomic mass is 10.0. The van der Waals surface area contributed by atoms with Crippen molar-refractivity contribution in [2.45, 2.75) is 246 Å². The Balaban J connectivity index is 1.56. The summed E-state index contributed by atoms with van der Waals surface area (Å²) in [5, 5.41) is 0. The molecule has 2 heterocycles. The molecule has 382 valence electrons. The van der Waals surface area contributed by atoms with Crippen LogP contribution < -0.4 is 0 Å². The van der Waals surface area contributed by atoms with Gasteiger partial charge in [-0.3, -0.25) is 18.6 Å². The van der Waals surface area contributed by atoms with E-state index in [1.807, 2.05) is 19.0 Å². The summed E-state index contributed by atoms with van der Waals surface area (Å²) < 4.78 is 46.1. The quantitative estimate of drug-likeness (QED) is 0.0386. The summed E-state index contributed by atoms with van der Waals surface area (Å²) in [6, 6.07) is 2.23. The Morgan fingerprint density at radius 2 is 1.02 bits per heavy atom. The fourth-order valence-corrected chi connectivity index (χ4v) is 9.10. The normalized spacial score (nSPS) is 13.1. The molecule has 0 radical (unpaired) electrons. The van der Waals surface area contributed by atoms with E-state index in [-0.39, 0.29) is 32.0 Å². The average Bonchev–Trinajstić information content (AvgIpc) is 3.77. The van der Waals surface area contributed by atoms with Crippen LogP contribution in [0.25, 0.3) is 0 Å². The molecule has 1 unspecified atom stereocenters. The number of phosphoric acid groups is 1. The van der Waals surface area contributed by atoms with Gasteiger partial charge in [-0.2, -0.15) is 0 Å². The number of hydrogen-bond donors (Lipinski definition) is 1. The molecule has 12 heteroatoms.